The van der Waals surface area contributed by atoms with Crippen LogP contribution in [0.2, 0.25) is 5.02 Å². The number of anilines is 1. The van der Waals surface area contributed by atoms with E-state index >= 15 is 0 Å². The van der Waals surface area contributed by atoms with E-state index in [-0.39, 0.29) is 18.0 Å². The van der Waals surface area contributed by atoms with Gasteiger partial charge in [0.15, 0.2) is 11.5 Å². The molecule has 8 heteroatoms. The van der Waals surface area contributed by atoms with Crippen LogP contribution < -0.4 is 14.8 Å². The fourth-order valence-electron chi connectivity index (χ4n) is 5.36. The van der Waals surface area contributed by atoms with Gasteiger partial charge in [0, 0.05) is 40.2 Å². The highest BCUT2D eigenvalue weighted by molar-refractivity contribution is 6.30. The number of carbonyl (C=O) groups excluding carboxylic acids is 1. The van der Waals surface area contributed by atoms with Gasteiger partial charge in [0.2, 0.25) is 5.95 Å². The highest BCUT2D eigenvalue weighted by Gasteiger charge is 2.30. The predicted molar refractivity (Wildman–Crippen MR) is 149 cm³/mol. The minimum absolute atomic E-state index is 0.0397. The average Bonchev–Trinajstić information content (AvgIpc) is 2.93. The van der Waals surface area contributed by atoms with Crippen molar-refractivity contribution >= 4 is 34.4 Å². The zero-order valence-electron chi connectivity index (χ0n) is 21.4. The van der Waals surface area contributed by atoms with Crippen molar-refractivity contribution in [3.05, 3.63) is 76.9 Å². The molecule has 1 N–H and O–H groups in total. The number of nitrogens with zero attached hydrogens (tertiary/aromatic N) is 3. The lowest BCUT2D eigenvalue weighted by Gasteiger charge is -2.38. The number of likely N-dealkylation sites (tertiary alicyclic amines) is 1. The van der Waals surface area contributed by atoms with E-state index in [1.807, 2.05) is 36.1 Å². The Bertz CT molecular complexity index is 1510. The van der Waals surface area contributed by atoms with Crippen molar-refractivity contribution in [2.24, 2.45) is 0 Å². The van der Waals surface area contributed by atoms with Gasteiger partial charge in [-0.05, 0) is 74.7 Å². The van der Waals surface area contributed by atoms with Gasteiger partial charge in [0.1, 0.15) is 13.2 Å². The number of para-hydroxylation sites is 1. The summed E-state index contributed by atoms with van der Waals surface area (Å²) < 4.78 is 11.7. The summed E-state index contributed by atoms with van der Waals surface area (Å²) in [7, 11) is 0. The number of piperidine rings is 1. The second-order valence-electron chi connectivity index (χ2n) is 9.91. The number of amides is 1. The molecule has 0 radical (unpaired) electrons. The molecule has 0 aliphatic carbocycles. The molecule has 1 fully saturated rings. The van der Waals surface area contributed by atoms with Crippen LogP contribution in [0.15, 0.2) is 60.7 Å². The Kier molecular flexibility index (Phi) is 6.54. The highest BCUT2D eigenvalue weighted by Crippen LogP contribution is 2.40. The van der Waals surface area contributed by atoms with Gasteiger partial charge < -0.3 is 19.7 Å². The quantitative estimate of drug-likeness (QED) is 0.343. The lowest BCUT2D eigenvalue weighted by atomic mass is 9.97. The minimum Gasteiger partial charge on any atom is -0.486 e. The molecule has 1 saturated heterocycles. The van der Waals surface area contributed by atoms with Gasteiger partial charge in [-0.3, -0.25) is 4.79 Å². The summed E-state index contributed by atoms with van der Waals surface area (Å²) in [6.45, 7) is 5.88. The van der Waals surface area contributed by atoms with Crippen molar-refractivity contribution in [3.63, 3.8) is 0 Å². The van der Waals surface area contributed by atoms with Gasteiger partial charge in [0.25, 0.3) is 5.91 Å². The maximum atomic E-state index is 13.0. The normalized spacial score (nSPS) is 18.9. The van der Waals surface area contributed by atoms with E-state index in [9.17, 15) is 4.79 Å². The summed E-state index contributed by atoms with van der Waals surface area (Å²) in [5, 5.41) is 5.15. The topological polar surface area (TPSA) is 76.6 Å². The maximum absolute atomic E-state index is 13.0. The van der Waals surface area contributed by atoms with E-state index in [2.05, 4.69) is 24.4 Å². The standard InChI is InChI=1S/C30H29ClN4O3/c1-18-16-23(12-13-35(18)29(36)20-6-9-22(31)10-7-20)33-30-32-19(2)25-17-21(8-11-26(25)34-30)24-4-3-5-27-28(24)38-15-14-37-27/h3-11,17-18,23H,12-16H2,1-2H3,(H,32,33,34). The van der Waals surface area contributed by atoms with Crippen LogP contribution in [0.25, 0.3) is 22.0 Å². The number of aromatic nitrogens is 2. The van der Waals surface area contributed by atoms with E-state index in [0.717, 1.165) is 52.1 Å². The van der Waals surface area contributed by atoms with Crippen molar-refractivity contribution in [1.82, 2.24) is 14.9 Å². The van der Waals surface area contributed by atoms with Crippen molar-refractivity contribution in [3.8, 4) is 22.6 Å². The van der Waals surface area contributed by atoms with E-state index in [0.29, 0.717) is 36.3 Å². The van der Waals surface area contributed by atoms with Gasteiger partial charge >= 0.3 is 0 Å². The molecule has 38 heavy (non-hydrogen) atoms. The summed E-state index contributed by atoms with van der Waals surface area (Å²) >= 11 is 5.98. The Hall–Kier alpha value is -3.84. The molecule has 3 aromatic carbocycles. The van der Waals surface area contributed by atoms with Crippen LogP contribution in [0, 0.1) is 6.92 Å². The Morgan fingerprint density at radius 2 is 1.87 bits per heavy atom. The summed E-state index contributed by atoms with van der Waals surface area (Å²) in [6, 6.07) is 19.5. The Morgan fingerprint density at radius 1 is 1.05 bits per heavy atom. The first-order valence-corrected chi connectivity index (χ1v) is 13.3. The molecule has 6 rings (SSSR count). The number of fused-ring (bicyclic) bond motifs is 2. The van der Waals surface area contributed by atoms with Gasteiger partial charge in [-0.1, -0.05) is 29.8 Å². The zero-order valence-corrected chi connectivity index (χ0v) is 22.2. The van der Waals surface area contributed by atoms with Crippen LogP contribution in [0.3, 0.4) is 0 Å². The SMILES string of the molecule is Cc1nc(NC2CCN(C(=O)c3ccc(Cl)cc3)C(C)C2)nc2ccc(-c3cccc4c3OCCO4)cc12. The average molecular weight is 529 g/mol. The van der Waals surface area contributed by atoms with Crippen LogP contribution in [0.5, 0.6) is 11.5 Å². The van der Waals surface area contributed by atoms with Gasteiger partial charge in [-0.25, -0.2) is 9.97 Å². The van der Waals surface area contributed by atoms with E-state index in [1.165, 1.54) is 0 Å². The van der Waals surface area contributed by atoms with Gasteiger partial charge in [-0.15, -0.1) is 0 Å². The van der Waals surface area contributed by atoms with E-state index in [1.54, 1.807) is 24.3 Å². The predicted octanol–water partition coefficient (Wildman–Crippen LogP) is 6.14. The molecule has 0 bridgehead atoms. The smallest absolute Gasteiger partial charge is 0.254 e. The fraction of sp³-hybridized carbons (Fsp3) is 0.300. The molecule has 4 aromatic rings. The first kappa shape index (κ1) is 24.5. The van der Waals surface area contributed by atoms with Crippen LogP contribution >= 0.6 is 11.6 Å². The molecule has 2 unspecified atom stereocenters. The lowest BCUT2D eigenvalue weighted by molar-refractivity contribution is 0.0625. The van der Waals surface area contributed by atoms with Crippen molar-refractivity contribution < 1.29 is 14.3 Å². The maximum Gasteiger partial charge on any atom is 0.254 e. The molecular formula is C30H29ClN4O3. The summed E-state index contributed by atoms with van der Waals surface area (Å²) in [4.78, 5) is 24.5. The summed E-state index contributed by atoms with van der Waals surface area (Å²) in [5.41, 5.74) is 4.49. The first-order chi connectivity index (χ1) is 18.5. The molecule has 0 spiro atoms. The molecule has 7 nitrogen and oxygen atoms in total. The second-order valence-corrected chi connectivity index (χ2v) is 10.4. The lowest BCUT2D eigenvalue weighted by Crippen LogP contribution is -2.48. The van der Waals surface area contributed by atoms with E-state index < -0.39 is 0 Å². The zero-order chi connectivity index (χ0) is 26.2. The number of aryl methyl sites for hydroxylation is 1. The largest absolute Gasteiger partial charge is 0.486 e. The van der Waals surface area contributed by atoms with Gasteiger partial charge in [-0.2, -0.15) is 0 Å². The number of hydrogen-bond donors (Lipinski definition) is 1. The number of halogens is 1. The Morgan fingerprint density at radius 3 is 2.68 bits per heavy atom. The Labute approximate surface area is 226 Å². The number of benzene rings is 3. The van der Waals surface area contributed by atoms with Gasteiger partial charge in [0.05, 0.1) is 11.2 Å². The molecule has 2 aliphatic rings. The molecule has 2 atom stereocenters. The monoisotopic (exact) mass is 528 g/mol. The minimum atomic E-state index is 0.0397. The second kappa shape index (κ2) is 10.1. The molecule has 3 heterocycles. The third-order valence-electron chi connectivity index (χ3n) is 7.32. The summed E-state index contributed by atoms with van der Waals surface area (Å²) in [5.74, 6) is 2.21. The summed E-state index contributed by atoms with van der Waals surface area (Å²) in [6.07, 6.45) is 1.64. The van der Waals surface area contributed by atoms with Crippen LogP contribution in [-0.2, 0) is 0 Å². The van der Waals surface area contributed by atoms with Crippen LogP contribution in [0.4, 0.5) is 5.95 Å². The molecular weight excluding hydrogens is 500 g/mol. The van der Waals surface area contributed by atoms with E-state index in [4.69, 9.17) is 31.0 Å². The first-order valence-electron chi connectivity index (χ1n) is 13.0. The van der Waals surface area contributed by atoms with Crippen molar-refractivity contribution in [2.45, 2.75) is 38.8 Å². The number of ether oxygens (including phenoxy) is 2. The third-order valence-corrected chi connectivity index (χ3v) is 7.58. The molecule has 0 saturated carbocycles. The molecule has 194 valence electrons. The Balaban J connectivity index is 1.18. The van der Waals surface area contributed by atoms with Crippen LogP contribution in [0.1, 0.15) is 35.8 Å². The number of nitrogens with one attached hydrogen (secondary N) is 1. The number of rotatable bonds is 4. The van der Waals surface area contributed by atoms with Crippen molar-refractivity contribution in [1.29, 1.82) is 0 Å². The molecule has 2 aliphatic heterocycles. The fourth-order valence-corrected chi connectivity index (χ4v) is 5.49. The molecule has 1 amide bonds. The van der Waals surface area contributed by atoms with Crippen LogP contribution in [-0.4, -0.2) is 52.6 Å². The van der Waals surface area contributed by atoms with Crippen molar-refractivity contribution in [2.75, 3.05) is 25.1 Å². The molecule has 1 aromatic heterocycles. The number of hydrogen-bond acceptors (Lipinski definition) is 6. The number of carbonyl (C=O) groups is 1. The highest BCUT2D eigenvalue weighted by atomic mass is 35.5. The third kappa shape index (κ3) is 4.74.